The summed E-state index contributed by atoms with van der Waals surface area (Å²) < 4.78 is 0. The van der Waals surface area contributed by atoms with Gasteiger partial charge in [-0.05, 0) is 11.0 Å². The Hall–Kier alpha value is 1.09. The van der Waals surface area contributed by atoms with Crippen LogP contribution in [0.1, 0.15) is 20.3 Å². The van der Waals surface area contributed by atoms with Crippen LogP contribution in [0.4, 0.5) is 0 Å². The predicted octanol–water partition coefficient (Wildman–Crippen LogP) is 1.23. The van der Waals surface area contributed by atoms with Crippen molar-refractivity contribution < 1.29 is 0 Å². The maximum atomic E-state index is 2.12. The van der Waals surface area contributed by atoms with Gasteiger partial charge in [-0.25, -0.2) is 0 Å². The Morgan fingerprint density at radius 3 is 0.857 bits per heavy atom. The molecular weight excluding hydrogens is 170 g/mol. The monoisotopic (exact) mass is 184 g/mol. The highest BCUT2D eigenvalue weighted by atomic mass is 35.5. The number of halogens is 3. The van der Waals surface area contributed by atoms with Crippen LogP contribution in [0.2, 0.25) is 0 Å². The average molecular weight is 186 g/mol. The molecule has 0 nitrogen and oxygen atoms in total. The van der Waals surface area contributed by atoms with Gasteiger partial charge in [-0.15, -0.1) is 37.2 Å². The molecule has 4 heteroatoms. The standard InChI is InChI=1S/C3H8.3ClH.H4Si/c1-3-2;;;;/h3H2,1-2H3;3*1H;1H4. The summed E-state index contributed by atoms with van der Waals surface area (Å²) in [6.07, 6.45) is 1.25. The van der Waals surface area contributed by atoms with E-state index in [4.69, 9.17) is 0 Å². The minimum absolute atomic E-state index is 0. The van der Waals surface area contributed by atoms with Crippen molar-refractivity contribution in [2.75, 3.05) is 0 Å². The van der Waals surface area contributed by atoms with Gasteiger partial charge < -0.3 is 0 Å². The van der Waals surface area contributed by atoms with Gasteiger partial charge >= 0.3 is 0 Å². The number of hydrogen-bond donors (Lipinski definition) is 0. The number of hydrogen-bond acceptors (Lipinski definition) is 0. The van der Waals surface area contributed by atoms with E-state index in [2.05, 4.69) is 13.8 Å². The van der Waals surface area contributed by atoms with Gasteiger partial charge in [0, 0.05) is 0 Å². The van der Waals surface area contributed by atoms with Crippen LogP contribution in [0.15, 0.2) is 0 Å². The van der Waals surface area contributed by atoms with Gasteiger partial charge in [-0.1, -0.05) is 20.3 Å². The number of rotatable bonds is 0. The van der Waals surface area contributed by atoms with E-state index in [-0.39, 0.29) is 48.2 Å². The third-order valence-electron chi connectivity index (χ3n) is 0. The summed E-state index contributed by atoms with van der Waals surface area (Å²) in [7, 11) is 0. The second kappa shape index (κ2) is 60.3. The maximum Gasteiger partial charge on any atom is -0.0149 e. The molecule has 0 unspecified atom stereocenters. The molecule has 0 rings (SSSR count). The Labute approximate surface area is 68.7 Å². The Kier molecular flexibility index (Phi) is 367. The lowest BCUT2D eigenvalue weighted by molar-refractivity contribution is 1.09. The maximum absolute atomic E-state index is 2.12. The van der Waals surface area contributed by atoms with Gasteiger partial charge in [0.05, 0.1) is 0 Å². The molecule has 0 aliphatic heterocycles. The molecule has 0 spiro atoms. The van der Waals surface area contributed by atoms with Crippen molar-refractivity contribution in [2.45, 2.75) is 20.3 Å². The van der Waals surface area contributed by atoms with Crippen molar-refractivity contribution >= 4 is 48.2 Å². The zero-order valence-corrected chi connectivity index (χ0v) is 6.38. The topological polar surface area (TPSA) is 0 Å². The summed E-state index contributed by atoms with van der Waals surface area (Å²) >= 11 is 0. The highest BCUT2D eigenvalue weighted by molar-refractivity contribution is 5.86. The van der Waals surface area contributed by atoms with E-state index in [1.807, 2.05) is 0 Å². The molecule has 0 fully saturated rings. The van der Waals surface area contributed by atoms with Crippen LogP contribution < -0.4 is 0 Å². The van der Waals surface area contributed by atoms with Crippen LogP contribution in [0.3, 0.4) is 0 Å². The normalized spacial score (nSPS) is 2.57. The fourth-order valence-electron chi connectivity index (χ4n) is 0. The summed E-state index contributed by atoms with van der Waals surface area (Å²) in [5.74, 6) is 0. The van der Waals surface area contributed by atoms with E-state index in [0.717, 1.165) is 0 Å². The second-order valence-electron chi connectivity index (χ2n) is 0.707. The van der Waals surface area contributed by atoms with Gasteiger partial charge in [0.1, 0.15) is 0 Å². The van der Waals surface area contributed by atoms with E-state index in [0.29, 0.717) is 0 Å². The van der Waals surface area contributed by atoms with Gasteiger partial charge in [0.15, 0.2) is 0 Å². The molecule has 0 aromatic rings. The van der Waals surface area contributed by atoms with Crippen molar-refractivity contribution in [2.24, 2.45) is 0 Å². The van der Waals surface area contributed by atoms with Gasteiger partial charge in [0.2, 0.25) is 0 Å². The summed E-state index contributed by atoms with van der Waals surface area (Å²) in [4.78, 5) is 0. The van der Waals surface area contributed by atoms with Crippen LogP contribution in [0, 0.1) is 0 Å². The molecule has 0 saturated carbocycles. The second-order valence-corrected chi connectivity index (χ2v) is 0.707. The smallest absolute Gasteiger partial charge is 0.0149 e. The Morgan fingerprint density at radius 2 is 0.857 bits per heavy atom. The van der Waals surface area contributed by atoms with Crippen LogP contribution in [0.25, 0.3) is 0 Å². The summed E-state index contributed by atoms with van der Waals surface area (Å²) in [6, 6.07) is 0. The van der Waals surface area contributed by atoms with Gasteiger partial charge in [-0.3, -0.25) is 0 Å². The molecule has 0 atom stereocenters. The fraction of sp³-hybridized carbons (Fsp3) is 1.00. The van der Waals surface area contributed by atoms with Crippen LogP contribution in [-0.4, -0.2) is 11.0 Å². The lowest BCUT2D eigenvalue weighted by Crippen LogP contribution is -1.27. The summed E-state index contributed by atoms with van der Waals surface area (Å²) in [5.41, 5.74) is 0. The molecule has 0 saturated heterocycles. The van der Waals surface area contributed by atoms with E-state index in [1.165, 1.54) is 6.42 Å². The molecule has 0 aromatic heterocycles. The zero-order chi connectivity index (χ0) is 2.71. The highest BCUT2D eigenvalue weighted by Gasteiger charge is 1.35. The Bertz CT molecular complexity index is 10.1. The summed E-state index contributed by atoms with van der Waals surface area (Å²) in [5, 5.41) is 0. The largest absolute Gasteiger partial charge is 0.147 e. The van der Waals surface area contributed by atoms with Crippen molar-refractivity contribution in [3.63, 3.8) is 0 Å². The van der Waals surface area contributed by atoms with Crippen molar-refractivity contribution in [3.05, 3.63) is 0 Å². The van der Waals surface area contributed by atoms with Gasteiger partial charge in [-0.2, -0.15) is 0 Å². The molecule has 0 aliphatic rings. The first kappa shape index (κ1) is 42.6. The molecular formula is C3H15Cl3Si. The van der Waals surface area contributed by atoms with Crippen molar-refractivity contribution in [1.82, 2.24) is 0 Å². The quantitative estimate of drug-likeness (QED) is 0.498. The first-order valence-corrected chi connectivity index (χ1v) is 1.41. The van der Waals surface area contributed by atoms with Gasteiger partial charge in [0.25, 0.3) is 0 Å². The van der Waals surface area contributed by atoms with Crippen LogP contribution in [0.5, 0.6) is 0 Å². The first-order valence-electron chi connectivity index (χ1n) is 1.41. The first-order chi connectivity index (χ1) is 1.41. The minimum Gasteiger partial charge on any atom is -0.147 e. The lowest BCUT2D eigenvalue weighted by atomic mass is 10.6. The van der Waals surface area contributed by atoms with E-state index in [1.54, 1.807) is 0 Å². The van der Waals surface area contributed by atoms with E-state index in [9.17, 15) is 0 Å². The van der Waals surface area contributed by atoms with Crippen LogP contribution >= 0.6 is 37.2 Å². The lowest BCUT2D eigenvalue weighted by Gasteiger charge is -1.48. The Morgan fingerprint density at radius 1 is 0.857 bits per heavy atom. The summed E-state index contributed by atoms with van der Waals surface area (Å²) in [6.45, 7) is 4.25. The predicted molar refractivity (Wildman–Crippen MR) is 49.0 cm³/mol. The third-order valence-corrected chi connectivity index (χ3v) is 0. The minimum atomic E-state index is 0. The third kappa shape index (κ3) is 155. The molecule has 0 heterocycles. The van der Waals surface area contributed by atoms with Crippen molar-refractivity contribution in [3.8, 4) is 0 Å². The molecule has 52 valence electrons. The average Bonchev–Trinajstić information content (AvgIpc) is 0.918. The van der Waals surface area contributed by atoms with Crippen molar-refractivity contribution in [1.29, 1.82) is 0 Å². The highest BCUT2D eigenvalue weighted by Crippen LogP contribution is 1.56. The SMILES string of the molecule is CCC.Cl.Cl.Cl.[SiH4]. The van der Waals surface area contributed by atoms with E-state index >= 15 is 0 Å². The molecule has 0 amide bonds. The Balaban J connectivity index is -0.00000000333. The molecule has 0 N–H and O–H groups in total. The van der Waals surface area contributed by atoms with E-state index < -0.39 is 0 Å². The molecule has 0 aliphatic carbocycles. The molecule has 0 bridgehead atoms. The van der Waals surface area contributed by atoms with Crippen LogP contribution in [-0.2, 0) is 0 Å². The molecule has 0 radical (unpaired) electrons. The fourth-order valence-corrected chi connectivity index (χ4v) is 0. The molecule has 7 heavy (non-hydrogen) atoms. The zero-order valence-electron chi connectivity index (χ0n) is 3.93. The molecule has 0 aromatic carbocycles.